The maximum atomic E-state index is 11.5. The summed E-state index contributed by atoms with van der Waals surface area (Å²) in [5.74, 6) is -0.509. The van der Waals surface area contributed by atoms with Crippen LogP contribution in [-0.4, -0.2) is 22.5 Å². The van der Waals surface area contributed by atoms with Gasteiger partial charge < -0.3 is 4.74 Å². The third kappa shape index (κ3) is 1.93. The fourth-order valence-corrected chi connectivity index (χ4v) is 3.03. The van der Waals surface area contributed by atoms with Gasteiger partial charge in [0.2, 0.25) is 0 Å². The zero-order chi connectivity index (χ0) is 12.8. The molecule has 0 amide bonds. The Hall–Kier alpha value is -1.07. The van der Waals surface area contributed by atoms with Gasteiger partial charge in [0.25, 0.3) is 0 Å². The first-order valence-corrected chi connectivity index (χ1v) is 6.36. The molecular formula is C11H13ClN2O2S. The van der Waals surface area contributed by atoms with E-state index >= 15 is 0 Å². The molecule has 0 radical (unpaired) electrons. The van der Waals surface area contributed by atoms with Crippen molar-refractivity contribution >= 4 is 33.9 Å². The van der Waals surface area contributed by atoms with Crippen LogP contribution in [0.5, 0.6) is 0 Å². The van der Waals surface area contributed by atoms with Gasteiger partial charge in [0, 0.05) is 16.5 Å². The molecule has 0 aromatic carbocycles. The van der Waals surface area contributed by atoms with Crippen molar-refractivity contribution in [3.63, 3.8) is 0 Å². The first-order chi connectivity index (χ1) is 7.86. The Kier molecular flexibility index (Phi) is 2.91. The Bertz CT molecular complexity index is 580. The molecule has 17 heavy (non-hydrogen) atoms. The number of rotatable bonds is 1. The minimum atomic E-state index is -0.509. The van der Waals surface area contributed by atoms with Gasteiger partial charge in [0.05, 0.1) is 7.11 Å². The highest BCUT2D eigenvalue weighted by atomic mass is 35.5. The fraction of sp³-hybridized carbons (Fsp3) is 0.455. The molecule has 0 bridgehead atoms. The molecule has 2 rings (SSSR count). The molecule has 0 N–H and O–H groups in total. The van der Waals surface area contributed by atoms with Crippen LogP contribution in [0, 0.1) is 0 Å². The lowest BCUT2D eigenvalue weighted by Crippen LogP contribution is -2.14. The highest BCUT2D eigenvalue weighted by Gasteiger charge is 2.25. The van der Waals surface area contributed by atoms with E-state index in [1.807, 2.05) is 5.38 Å². The summed E-state index contributed by atoms with van der Waals surface area (Å²) in [4.78, 5) is 16.4. The monoisotopic (exact) mass is 272 g/mol. The van der Waals surface area contributed by atoms with Gasteiger partial charge in [0.15, 0.2) is 10.7 Å². The molecule has 4 nitrogen and oxygen atoms in total. The van der Waals surface area contributed by atoms with Crippen molar-refractivity contribution in [2.24, 2.45) is 0 Å². The van der Waals surface area contributed by atoms with E-state index in [2.05, 4.69) is 30.5 Å². The number of hydrogen-bond acceptors (Lipinski definition) is 4. The number of imidazole rings is 1. The number of aromatic nitrogens is 2. The molecule has 2 aromatic heterocycles. The SMILES string of the molecule is COC(=O)c1nc2scc(C(C)(C)C)n2c1Cl. The van der Waals surface area contributed by atoms with Crippen LogP contribution in [0.15, 0.2) is 5.38 Å². The summed E-state index contributed by atoms with van der Waals surface area (Å²) in [5.41, 5.74) is 1.15. The van der Waals surface area contributed by atoms with Crippen molar-refractivity contribution in [2.75, 3.05) is 7.11 Å². The lowest BCUT2D eigenvalue weighted by Gasteiger charge is -2.17. The Morgan fingerprint density at radius 3 is 2.71 bits per heavy atom. The third-order valence-electron chi connectivity index (χ3n) is 2.45. The molecule has 2 aromatic rings. The number of ether oxygens (including phenoxy) is 1. The summed E-state index contributed by atoms with van der Waals surface area (Å²) in [6.45, 7) is 6.26. The number of esters is 1. The van der Waals surface area contributed by atoms with Crippen LogP contribution < -0.4 is 0 Å². The van der Waals surface area contributed by atoms with E-state index in [1.165, 1.54) is 18.4 Å². The van der Waals surface area contributed by atoms with Crippen LogP contribution in [0.1, 0.15) is 37.0 Å². The standard InChI is InChI=1S/C11H13ClN2O2S/c1-11(2,3)6-5-17-10-13-7(9(15)16-4)8(12)14(6)10/h5H,1-4H3. The maximum Gasteiger partial charge on any atom is 0.359 e. The largest absolute Gasteiger partial charge is 0.464 e. The smallest absolute Gasteiger partial charge is 0.359 e. The molecule has 6 heteroatoms. The average molecular weight is 273 g/mol. The molecule has 0 saturated carbocycles. The predicted octanol–water partition coefficient (Wildman–Crippen LogP) is 3.13. The molecule has 0 unspecified atom stereocenters. The Labute approximate surface area is 108 Å². The Morgan fingerprint density at radius 2 is 2.18 bits per heavy atom. The number of thiazole rings is 1. The van der Waals surface area contributed by atoms with E-state index in [4.69, 9.17) is 11.6 Å². The lowest BCUT2D eigenvalue weighted by molar-refractivity contribution is 0.0595. The summed E-state index contributed by atoms with van der Waals surface area (Å²) in [6.07, 6.45) is 0. The normalized spacial score (nSPS) is 12.1. The summed E-state index contributed by atoms with van der Waals surface area (Å²) in [7, 11) is 1.32. The van der Waals surface area contributed by atoms with E-state index in [9.17, 15) is 4.79 Å². The highest BCUT2D eigenvalue weighted by molar-refractivity contribution is 7.15. The molecule has 0 aliphatic heterocycles. The summed E-state index contributed by atoms with van der Waals surface area (Å²) < 4.78 is 6.45. The molecule has 0 aliphatic rings. The number of methoxy groups -OCH3 is 1. The minimum absolute atomic E-state index is 0.0595. The molecule has 0 atom stereocenters. The quantitative estimate of drug-likeness (QED) is 0.749. The second kappa shape index (κ2) is 3.99. The van der Waals surface area contributed by atoms with E-state index in [0.717, 1.165) is 5.69 Å². The number of halogens is 1. The average Bonchev–Trinajstić information content (AvgIpc) is 2.77. The minimum Gasteiger partial charge on any atom is -0.464 e. The first kappa shape index (κ1) is 12.4. The van der Waals surface area contributed by atoms with Gasteiger partial charge in [-0.15, -0.1) is 11.3 Å². The van der Waals surface area contributed by atoms with Crippen LogP contribution in [-0.2, 0) is 10.2 Å². The van der Waals surface area contributed by atoms with Gasteiger partial charge >= 0.3 is 5.97 Å². The van der Waals surface area contributed by atoms with E-state index in [-0.39, 0.29) is 11.1 Å². The van der Waals surface area contributed by atoms with Crippen molar-refractivity contribution in [2.45, 2.75) is 26.2 Å². The zero-order valence-corrected chi connectivity index (χ0v) is 11.6. The molecular weight excluding hydrogens is 260 g/mol. The third-order valence-corrected chi connectivity index (χ3v) is 3.63. The number of fused-ring (bicyclic) bond motifs is 1. The maximum absolute atomic E-state index is 11.5. The second-order valence-corrected chi connectivity index (χ2v) is 5.93. The van der Waals surface area contributed by atoms with Crippen molar-refractivity contribution < 1.29 is 9.53 Å². The topological polar surface area (TPSA) is 43.6 Å². The highest BCUT2D eigenvalue weighted by Crippen LogP contribution is 2.32. The number of nitrogens with zero attached hydrogens (tertiary/aromatic N) is 2. The lowest BCUT2D eigenvalue weighted by atomic mass is 9.93. The Balaban J connectivity index is 2.69. The van der Waals surface area contributed by atoms with E-state index in [1.54, 1.807) is 4.40 Å². The van der Waals surface area contributed by atoms with Crippen LogP contribution in [0.3, 0.4) is 0 Å². The number of hydrogen-bond donors (Lipinski definition) is 0. The summed E-state index contributed by atoms with van der Waals surface area (Å²) in [6, 6.07) is 0. The van der Waals surface area contributed by atoms with Gasteiger partial charge in [-0.1, -0.05) is 32.4 Å². The fourth-order valence-electron chi connectivity index (χ4n) is 1.57. The van der Waals surface area contributed by atoms with Crippen LogP contribution in [0.2, 0.25) is 5.15 Å². The van der Waals surface area contributed by atoms with Crippen LogP contribution in [0.25, 0.3) is 4.96 Å². The van der Waals surface area contributed by atoms with E-state index < -0.39 is 5.97 Å². The van der Waals surface area contributed by atoms with Gasteiger partial charge in [-0.3, -0.25) is 4.40 Å². The first-order valence-electron chi connectivity index (χ1n) is 5.10. The zero-order valence-electron chi connectivity index (χ0n) is 10.1. The van der Waals surface area contributed by atoms with Crippen LogP contribution >= 0.6 is 22.9 Å². The van der Waals surface area contributed by atoms with Crippen molar-refractivity contribution in [1.29, 1.82) is 0 Å². The van der Waals surface area contributed by atoms with Crippen LogP contribution in [0.4, 0.5) is 0 Å². The summed E-state index contributed by atoms with van der Waals surface area (Å²) >= 11 is 7.65. The summed E-state index contributed by atoms with van der Waals surface area (Å²) in [5, 5.41) is 2.33. The molecule has 0 aliphatic carbocycles. The van der Waals surface area contributed by atoms with Crippen molar-refractivity contribution in [3.8, 4) is 0 Å². The van der Waals surface area contributed by atoms with Gasteiger partial charge in [-0.25, -0.2) is 9.78 Å². The number of carbonyl (C=O) groups is 1. The number of carbonyl (C=O) groups excluding carboxylic acids is 1. The second-order valence-electron chi connectivity index (χ2n) is 4.73. The van der Waals surface area contributed by atoms with Gasteiger partial charge in [0.1, 0.15) is 5.15 Å². The molecule has 2 heterocycles. The molecule has 92 valence electrons. The molecule has 0 fully saturated rings. The predicted molar refractivity (Wildman–Crippen MR) is 68.1 cm³/mol. The van der Waals surface area contributed by atoms with E-state index in [0.29, 0.717) is 10.1 Å². The van der Waals surface area contributed by atoms with Crippen molar-refractivity contribution in [3.05, 3.63) is 21.9 Å². The van der Waals surface area contributed by atoms with Gasteiger partial charge in [-0.05, 0) is 0 Å². The Morgan fingerprint density at radius 1 is 1.53 bits per heavy atom. The van der Waals surface area contributed by atoms with Gasteiger partial charge in [-0.2, -0.15) is 0 Å². The molecule has 0 spiro atoms. The van der Waals surface area contributed by atoms with Crippen molar-refractivity contribution in [1.82, 2.24) is 9.38 Å². The molecule has 0 saturated heterocycles.